The lowest BCUT2D eigenvalue weighted by atomic mass is 9.84. The summed E-state index contributed by atoms with van der Waals surface area (Å²) < 4.78 is 4.89. The van der Waals surface area contributed by atoms with E-state index in [1.54, 1.807) is 0 Å². The van der Waals surface area contributed by atoms with Crippen LogP contribution < -0.4 is 5.32 Å². The second-order valence-corrected chi connectivity index (χ2v) is 7.11. The van der Waals surface area contributed by atoms with Crippen LogP contribution >= 0.6 is 12.6 Å². The number of Topliss-reactive ketones (excluding diaryl/α,β-unsaturated/α-hetero) is 1. The summed E-state index contributed by atoms with van der Waals surface area (Å²) >= 11 is 4.23. The first kappa shape index (κ1) is 21.2. The highest BCUT2D eigenvalue weighted by atomic mass is 32.1. The molecule has 0 saturated carbocycles. The average molecular weight is 386 g/mol. The van der Waals surface area contributed by atoms with Gasteiger partial charge in [0, 0.05) is 5.56 Å². The summed E-state index contributed by atoms with van der Waals surface area (Å²) in [5, 5.41) is 3.24. The van der Waals surface area contributed by atoms with E-state index in [-0.39, 0.29) is 11.8 Å². The summed E-state index contributed by atoms with van der Waals surface area (Å²) in [7, 11) is 1.35. The third-order valence-corrected chi connectivity index (χ3v) is 5.12. The van der Waals surface area contributed by atoms with Crippen molar-refractivity contribution >= 4 is 24.4 Å². The van der Waals surface area contributed by atoms with Gasteiger partial charge in [0.05, 0.1) is 12.6 Å². The summed E-state index contributed by atoms with van der Waals surface area (Å²) in [4.78, 5) is 25.6. The van der Waals surface area contributed by atoms with E-state index >= 15 is 0 Å². The number of ketones is 1. The second kappa shape index (κ2) is 9.72. The van der Waals surface area contributed by atoms with Crippen LogP contribution in [0.3, 0.4) is 0 Å². The fourth-order valence-electron chi connectivity index (χ4n) is 3.08. The van der Waals surface area contributed by atoms with Gasteiger partial charge in [-0.05, 0) is 36.6 Å². The maximum Gasteiger partial charge on any atom is 0.322 e. The van der Waals surface area contributed by atoms with Gasteiger partial charge in [0.25, 0.3) is 0 Å². The molecule has 5 heteroatoms. The highest BCUT2D eigenvalue weighted by molar-refractivity contribution is 7.80. The van der Waals surface area contributed by atoms with Gasteiger partial charge in [-0.2, -0.15) is 12.6 Å². The predicted octanol–water partition coefficient (Wildman–Crippen LogP) is 4.16. The van der Waals surface area contributed by atoms with Gasteiger partial charge in [0.2, 0.25) is 0 Å². The number of rotatable bonds is 9. The molecule has 27 heavy (non-hydrogen) atoms. The fourth-order valence-corrected chi connectivity index (χ4v) is 3.34. The summed E-state index contributed by atoms with van der Waals surface area (Å²) in [6.07, 6.45) is 1.02. The molecule has 0 heterocycles. The van der Waals surface area contributed by atoms with Crippen LogP contribution in [0.4, 0.5) is 0 Å². The van der Waals surface area contributed by atoms with E-state index in [1.165, 1.54) is 7.11 Å². The maximum absolute atomic E-state index is 13.5. The first-order valence-corrected chi connectivity index (χ1v) is 9.75. The number of nitrogens with one attached hydrogen (secondary N) is 1. The summed E-state index contributed by atoms with van der Waals surface area (Å²) in [6.45, 7) is 3.77. The molecule has 0 aliphatic heterocycles. The number of carbonyl (C=O) groups is 2. The Morgan fingerprint density at radius 2 is 1.74 bits per heavy atom. The minimum absolute atomic E-state index is 0.0440. The van der Waals surface area contributed by atoms with E-state index in [1.807, 2.05) is 68.4 Å². The zero-order chi connectivity index (χ0) is 19.9. The number of thiol groups is 1. The topological polar surface area (TPSA) is 55.4 Å². The van der Waals surface area contributed by atoms with Gasteiger partial charge in [-0.25, -0.2) is 0 Å². The van der Waals surface area contributed by atoms with E-state index in [9.17, 15) is 9.59 Å². The largest absolute Gasteiger partial charge is 0.468 e. The van der Waals surface area contributed by atoms with Gasteiger partial charge in [-0.3, -0.25) is 14.9 Å². The third kappa shape index (κ3) is 4.99. The number of hydrogen-bond donors (Lipinski definition) is 2. The summed E-state index contributed by atoms with van der Waals surface area (Å²) in [6, 6.07) is 16.8. The standard InChI is InChI=1S/C22H27NO3S/c1-4-22(2,23-19(14-15-27)21(25)26-3)20(24)18-13-9-8-12-17(18)16-10-6-5-7-11-16/h5-13,19,23,27H,4,14-15H2,1-3H3/t19-,22?/m0/s1. The monoisotopic (exact) mass is 385 g/mol. The highest BCUT2D eigenvalue weighted by Gasteiger charge is 2.37. The molecular formula is C22H27NO3S. The van der Waals surface area contributed by atoms with E-state index in [2.05, 4.69) is 17.9 Å². The van der Waals surface area contributed by atoms with Crippen LogP contribution in [0.5, 0.6) is 0 Å². The number of carbonyl (C=O) groups excluding carboxylic acids is 2. The Bertz CT molecular complexity index is 778. The lowest BCUT2D eigenvalue weighted by Gasteiger charge is -2.32. The van der Waals surface area contributed by atoms with Crippen molar-refractivity contribution in [2.24, 2.45) is 0 Å². The molecule has 0 saturated heterocycles. The van der Waals surface area contributed by atoms with E-state index in [0.29, 0.717) is 24.2 Å². The van der Waals surface area contributed by atoms with Crippen LogP contribution in [-0.4, -0.2) is 36.2 Å². The molecule has 0 aliphatic carbocycles. The quantitative estimate of drug-likeness (QED) is 0.387. The molecule has 0 aliphatic rings. The Kier molecular flexibility index (Phi) is 7.63. The van der Waals surface area contributed by atoms with Crippen molar-refractivity contribution in [1.82, 2.24) is 5.32 Å². The summed E-state index contributed by atoms with van der Waals surface area (Å²) in [5.41, 5.74) is 1.61. The molecule has 0 radical (unpaired) electrons. The molecule has 0 fully saturated rings. The van der Waals surface area contributed by atoms with Crippen molar-refractivity contribution < 1.29 is 14.3 Å². The third-order valence-electron chi connectivity index (χ3n) is 4.86. The first-order valence-electron chi connectivity index (χ1n) is 9.12. The van der Waals surface area contributed by atoms with Crippen LogP contribution in [0.15, 0.2) is 54.6 Å². The van der Waals surface area contributed by atoms with E-state index < -0.39 is 11.6 Å². The Balaban J connectivity index is 2.40. The predicted molar refractivity (Wildman–Crippen MR) is 112 cm³/mol. The molecule has 1 unspecified atom stereocenters. The molecule has 0 amide bonds. The van der Waals surface area contributed by atoms with Crippen LogP contribution in [0, 0.1) is 0 Å². The second-order valence-electron chi connectivity index (χ2n) is 6.66. The number of benzene rings is 2. The van der Waals surface area contributed by atoms with Crippen molar-refractivity contribution in [2.45, 2.75) is 38.3 Å². The number of ether oxygens (including phenoxy) is 1. The van der Waals surface area contributed by atoms with Gasteiger partial charge < -0.3 is 4.74 Å². The normalized spacial score (nSPS) is 14.2. The lowest BCUT2D eigenvalue weighted by Crippen LogP contribution is -2.56. The number of hydrogen-bond acceptors (Lipinski definition) is 5. The molecule has 0 bridgehead atoms. The van der Waals surface area contributed by atoms with Crippen LogP contribution in [-0.2, 0) is 9.53 Å². The van der Waals surface area contributed by atoms with Crippen molar-refractivity contribution in [2.75, 3.05) is 12.9 Å². The van der Waals surface area contributed by atoms with Gasteiger partial charge in [-0.1, -0.05) is 61.5 Å². The van der Waals surface area contributed by atoms with Crippen LogP contribution in [0.2, 0.25) is 0 Å². The highest BCUT2D eigenvalue weighted by Crippen LogP contribution is 2.28. The van der Waals surface area contributed by atoms with Gasteiger partial charge in [0.15, 0.2) is 5.78 Å². The molecule has 1 N–H and O–H groups in total. The molecule has 2 aromatic carbocycles. The Morgan fingerprint density at radius 3 is 2.33 bits per heavy atom. The molecule has 0 spiro atoms. The summed E-state index contributed by atoms with van der Waals surface area (Å²) in [5.74, 6) is 0.0897. The number of esters is 1. The number of methoxy groups -OCH3 is 1. The van der Waals surface area contributed by atoms with Crippen molar-refractivity contribution in [3.8, 4) is 11.1 Å². The van der Waals surface area contributed by atoms with Gasteiger partial charge in [0.1, 0.15) is 6.04 Å². The van der Waals surface area contributed by atoms with Gasteiger partial charge >= 0.3 is 5.97 Å². The molecule has 0 aromatic heterocycles. The zero-order valence-electron chi connectivity index (χ0n) is 16.1. The Hall–Kier alpha value is -2.11. The molecule has 2 rings (SSSR count). The lowest BCUT2D eigenvalue weighted by molar-refractivity contribution is -0.143. The fraction of sp³-hybridized carbons (Fsp3) is 0.364. The smallest absolute Gasteiger partial charge is 0.322 e. The molecule has 2 atom stereocenters. The zero-order valence-corrected chi connectivity index (χ0v) is 17.0. The minimum Gasteiger partial charge on any atom is -0.468 e. The van der Waals surface area contributed by atoms with E-state index in [0.717, 1.165) is 11.1 Å². The Morgan fingerprint density at radius 1 is 1.11 bits per heavy atom. The van der Waals surface area contributed by atoms with Crippen LogP contribution in [0.25, 0.3) is 11.1 Å². The molecular weight excluding hydrogens is 358 g/mol. The van der Waals surface area contributed by atoms with Gasteiger partial charge in [-0.15, -0.1) is 0 Å². The minimum atomic E-state index is -0.896. The SMILES string of the molecule is CCC(C)(N[C@@H](CCS)C(=O)OC)C(=O)c1ccccc1-c1ccccc1. The molecule has 2 aromatic rings. The first-order chi connectivity index (χ1) is 13.0. The average Bonchev–Trinajstić information content (AvgIpc) is 2.72. The Labute approximate surface area is 166 Å². The van der Waals surface area contributed by atoms with Crippen molar-refractivity contribution in [3.05, 3.63) is 60.2 Å². The molecule has 144 valence electrons. The molecule has 4 nitrogen and oxygen atoms in total. The van der Waals surface area contributed by atoms with Crippen LogP contribution in [0.1, 0.15) is 37.0 Å². The maximum atomic E-state index is 13.5. The van der Waals surface area contributed by atoms with Crippen molar-refractivity contribution in [3.63, 3.8) is 0 Å². The van der Waals surface area contributed by atoms with Crippen molar-refractivity contribution in [1.29, 1.82) is 0 Å². The van der Waals surface area contributed by atoms with E-state index in [4.69, 9.17) is 4.74 Å².